The number of aliphatic hydroxyl groups excluding tert-OH is 1. The van der Waals surface area contributed by atoms with E-state index in [9.17, 15) is 18.0 Å². The number of carbonyl (C=O) groups is 1. The molecule has 19 heavy (non-hydrogen) atoms. The first kappa shape index (κ1) is 15.5. The third-order valence-corrected chi connectivity index (χ3v) is 2.67. The van der Waals surface area contributed by atoms with Gasteiger partial charge in [0.1, 0.15) is 0 Å². The average molecular weight is 275 g/mol. The monoisotopic (exact) mass is 275 g/mol. The highest BCUT2D eigenvalue weighted by Gasteiger charge is 2.35. The zero-order valence-electron chi connectivity index (χ0n) is 10.7. The topological polar surface area (TPSA) is 49.3 Å². The van der Waals surface area contributed by atoms with E-state index in [2.05, 4.69) is 5.32 Å². The Kier molecular flexibility index (Phi) is 4.57. The largest absolute Gasteiger partial charge is 0.417 e. The van der Waals surface area contributed by atoms with Gasteiger partial charge in [0.2, 0.25) is 0 Å². The van der Waals surface area contributed by atoms with E-state index in [1.807, 2.05) is 0 Å². The van der Waals surface area contributed by atoms with Gasteiger partial charge in [0, 0.05) is 12.1 Å². The van der Waals surface area contributed by atoms with Crippen LogP contribution in [0.15, 0.2) is 24.3 Å². The number of benzene rings is 1. The summed E-state index contributed by atoms with van der Waals surface area (Å²) >= 11 is 0. The van der Waals surface area contributed by atoms with Crippen molar-refractivity contribution in [2.75, 3.05) is 6.61 Å². The Bertz CT molecular complexity index is 455. The molecule has 0 saturated heterocycles. The standard InChI is InChI=1S/C13H16F3NO2/c1-12(2,7-8-18)17-11(19)9-5-3-4-6-10(9)13(14,15)16/h3-6,18H,7-8H2,1-2H3,(H,17,19). The minimum Gasteiger partial charge on any atom is -0.396 e. The summed E-state index contributed by atoms with van der Waals surface area (Å²) in [5.74, 6) is -0.800. The highest BCUT2D eigenvalue weighted by atomic mass is 19.4. The molecule has 1 aromatic rings. The maximum atomic E-state index is 12.8. The molecule has 0 aliphatic carbocycles. The number of aliphatic hydroxyl groups is 1. The van der Waals surface area contributed by atoms with Crippen molar-refractivity contribution >= 4 is 5.91 Å². The predicted molar refractivity (Wildman–Crippen MR) is 64.7 cm³/mol. The van der Waals surface area contributed by atoms with Crippen LogP contribution in [0, 0.1) is 0 Å². The van der Waals surface area contributed by atoms with Crippen LogP contribution < -0.4 is 5.32 Å². The Balaban J connectivity index is 3.01. The van der Waals surface area contributed by atoms with Crippen molar-refractivity contribution in [1.82, 2.24) is 5.32 Å². The Morgan fingerprint density at radius 3 is 2.37 bits per heavy atom. The van der Waals surface area contributed by atoms with Crippen LogP contribution in [0.2, 0.25) is 0 Å². The molecule has 6 heteroatoms. The number of nitrogens with one attached hydrogen (secondary N) is 1. The van der Waals surface area contributed by atoms with E-state index in [0.29, 0.717) is 0 Å². The van der Waals surface area contributed by atoms with E-state index in [-0.39, 0.29) is 13.0 Å². The van der Waals surface area contributed by atoms with Gasteiger partial charge in [0.15, 0.2) is 0 Å². The molecule has 0 fully saturated rings. The molecule has 0 atom stereocenters. The molecule has 1 aromatic carbocycles. The van der Waals surface area contributed by atoms with Gasteiger partial charge in [-0.25, -0.2) is 0 Å². The molecule has 1 amide bonds. The molecule has 0 aromatic heterocycles. The number of halogens is 3. The molecule has 0 heterocycles. The van der Waals surface area contributed by atoms with Crippen molar-refractivity contribution in [3.63, 3.8) is 0 Å². The molecule has 1 rings (SSSR count). The third kappa shape index (κ3) is 4.24. The Hall–Kier alpha value is -1.56. The fourth-order valence-corrected chi connectivity index (χ4v) is 1.64. The lowest BCUT2D eigenvalue weighted by Gasteiger charge is -2.26. The van der Waals surface area contributed by atoms with Crippen LogP contribution in [0.3, 0.4) is 0 Å². The zero-order valence-corrected chi connectivity index (χ0v) is 10.7. The predicted octanol–water partition coefficient (Wildman–Crippen LogP) is 2.60. The van der Waals surface area contributed by atoms with Gasteiger partial charge in [-0.3, -0.25) is 4.79 Å². The van der Waals surface area contributed by atoms with E-state index in [4.69, 9.17) is 5.11 Å². The van der Waals surface area contributed by atoms with Gasteiger partial charge in [-0.2, -0.15) is 13.2 Å². The summed E-state index contributed by atoms with van der Waals surface area (Å²) in [4.78, 5) is 11.9. The van der Waals surface area contributed by atoms with E-state index in [1.54, 1.807) is 13.8 Å². The minimum absolute atomic E-state index is 0.159. The summed E-state index contributed by atoms with van der Waals surface area (Å²) in [5, 5.41) is 11.3. The molecule has 3 nitrogen and oxygen atoms in total. The van der Waals surface area contributed by atoms with Crippen molar-refractivity contribution in [3.8, 4) is 0 Å². The quantitative estimate of drug-likeness (QED) is 0.887. The van der Waals surface area contributed by atoms with Crippen LogP contribution >= 0.6 is 0 Å². The number of hydrogen-bond acceptors (Lipinski definition) is 2. The fourth-order valence-electron chi connectivity index (χ4n) is 1.64. The van der Waals surface area contributed by atoms with Gasteiger partial charge < -0.3 is 10.4 Å². The number of amides is 1. The van der Waals surface area contributed by atoms with Crippen molar-refractivity contribution in [3.05, 3.63) is 35.4 Å². The van der Waals surface area contributed by atoms with Crippen LogP contribution in [-0.2, 0) is 6.18 Å². The Morgan fingerprint density at radius 2 is 1.84 bits per heavy atom. The number of alkyl halides is 3. The molecule has 2 N–H and O–H groups in total. The molecule has 0 bridgehead atoms. The van der Waals surface area contributed by atoms with E-state index in [0.717, 1.165) is 12.1 Å². The van der Waals surface area contributed by atoms with Gasteiger partial charge >= 0.3 is 6.18 Å². The SMILES string of the molecule is CC(C)(CCO)NC(=O)c1ccccc1C(F)(F)F. The second-order valence-corrected chi connectivity index (χ2v) is 4.85. The lowest BCUT2D eigenvalue weighted by atomic mass is 9.99. The smallest absolute Gasteiger partial charge is 0.396 e. The molecule has 0 spiro atoms. The first-order chi connectivity index (χ1) is 8.67. The molecule has 0 aliphatic heterocycles. The van der Waals surface area contributed by atoms with Crippen molar-refractivity contribution in [2.24, 2.45) is 0 Å². The lowest BCUT2D eigenvalue weighted by Crippen LogP contribution is -2.44. The Morgan fingerprint density at radius 1 is 1.26 bits per heavy atom. The zero-order chi connectivity index (χ0) is 14.7. The minimum atomic E-state index is -4.57. The van der Waals surface area contributed by atoms with Crippen molar-refractivity contribution in [1.29, 1.82) is 0 Å². The molecule has 0 aliphatic rings. The summed E-state index contributed by atoms with van der Waals surface area (Å²) in [6.07, 6.45) is -4.32. The summed E-state index contributed by atoms with van der Waals surface area (Å²) in [5.41, 5.74) is -2.15. The normalized spacial score (nSPS) is 12.3. The van der Waals surface area contributed by atoms with Crippen molar-refractivity contribution < 1.29 is 23.1 Å². The molecular weight excluding hydrogens is 259 g/mol. The first-order valence-electron chi connectivity index (χ1n) is 5.77. The number of hydrogen-bond donors (Lipinski definition) is 2. The second kappa shape index (κ2) is 5.61. The van der Waals surface area contributed by atoms with Crippen LogP contribution in [0.5, 0.6) is 0 Å². The molecular formula is C13H16F3NO2. The Labute approximate surface area is 109 Å². The maximum absolute atomic E-state index is 12.8. The summed E-state index contributed by atoms with van der Waals surface area (Å²) in [6.45, 7) is 3.11. The van der Waals surface area contributed by atoms with E-state index in [1.165, 1.54) is 12.1 Å². The van der Waals surface area contributed by atoms with Gasteiger partial charge in [-0.1, -0.05) is 12.1 Å². The van der Waals surface area contributed by atoms with Gasteiger partial charge in [0.25, 0.3) is 5.91 Å². The molecule has 0 saturated carbocycles. The highest BCUT2D eigenvalue weighted by molar-refractivity contribution is 5.96. The van der Waals surface area contributed by atoms with E-state index < -0.39 is 28.7 Å². The first-order valence-corrected chi connectivity index (χ1v) is 5.77. The van der Waals surface area contributed by atoms with Crippen LogP contribution in [0.25, 0.3) is 0 Å². The van der Waals surface area contributed by atoms with E-state index >= 15 is 0 Å². The van der Waals surface area contributed by atoms with Crippen molar-refractivity contribution in [2.45, 2.75) is 32.0 Å². The maximum Gasteiger partial charge on any atom is 0.417 e. The summed E-state index contributed by atoms with van der Waals surface area (Å²) < 4.78 is 38.3. The number of carbonyl (C=O) groups excluding carboxylic acids is 1. The van der Waals surface area contributed by atoms with Gasteiger partial charge in [-0.15, -0.1) is 0 Å². The molecule has 0 unspecified atom stereocenters. The van der Waals surface area contributed by atoms with Crippen LogP contribution in [0.1, 0.15) is 36.2 Å². The average Bonchev–Trinajstić information content (AvgIpc) is 2.27. The third-order valence-electron chi connectivity index (χ3n) is 2.67. The van der Waals surface area contributed by atoms with Crippen LogP contribution in [-0.4, -0.2) is 23.2 Å². The second-order valence-electron chi connectivity index (χ2n) is 4.85. The van der Waals surface area contributed by atoms with Gasteiger partial charge in [0.05, 0.1) is 11.1 Å². The lowest BCUT2D eigenvalue weighted by molar-refractivity contribution is -0.138. The highest BCUT2D eigenvalue weighted by Crippen LogP contribution is 2.32. The molecule has 0 radical (unpaired) electrons. The summed E-state index contributed by atoms with van der Waals surface area (Å²) in [6, 6.07) is 4.61. The van der Waals surface area contributed by atoms with Gasteiger partial charge in [-0.05, 0) is 32.4 Å². The molecule has 106 valence electrons. The fraction of sp³-hybridized carbons (Fsp3) is 0.462. The summed E-state index contributed by atoms with van der Waals surface area (Å²) in [7, 11) is 0. The number of rotatable bonds is 4. The van der Waals surface area contributed by atoms with Crippen LogP contribution in [0.4, 0.5) is 13.2 Å².